The van der Waals surface area contributed by atoms with Gasteiger partial charge < -0.3 is 9.72 Å². The molecule has 0 saturated heterocycles. The quantitative estimate of drug-likeness (QED) is 0.182. The largest absolute Gasteiger partial charge is 0.494 e. The molecule has 0 spiro atoms. The van der Waals surface area contributed by atoms with Crippen molar-refractivity contribution in [1.29, 1.82) is 0 Å². The van der Waals surface area contributed by atoms with Gasteiger partial charge in [0, 0.05) is 0 Å². The van der Waals surface area contributed by atoms with Gasteiger partial charge >= 0.3 is 0 Å². The van der Waals surface area contributed by atoms with Gasteiger partial charge in [0.15, 0.2) is 0 Å². The third kappa shape index (κ3) is 10.4. The maximum absolute atomic E-state index is 12.2. The summed E-state index contributed by atoms with van der Waals surface area (Å²) in [6.07, 6.45) is 22.8. The van der Waals surface area contributed by atoms with Crippen LogP contribution in [0.3, 0.4) is 0 Å². The van der Waals surface area contributed by atoms with Gasteiger partial charge in [-0.15, -0.1) is 0 Å². The number of nitrogens with zero attached hydrogens (tertiary/aromatic N) is 1. The summed E-state index contributed by atoms with van der Waals surface area (Å²) in [6, 6.07) is 15.5. The maximum Gasteiger partial charge on any atom is 0.274 e. The van der Waals surface area contributed by atoms with Crippen LogP contribution in [0, 0.1) is 0 Å². The van der Waals surface area contributed by atoms with E-state index in [9.17, 15) is 4.79 Å². The molecule has 1 heterocycles. The zero-order valence-electron chi connectivity index (χ0n) is 22.1. The second-order valence-corrected chi connectivity index (χ2v) is 9.82. The van der Waals surface area contributed by atoms with Crippen LogP contribution < -0.4 is 10.3 Å². The van der Waals surface area contributed by atoms with Crippen molar-refractivity contribution in [1.82, 2.24) is 9.97 Å². The van der Waals surface area contributed by atoms with Crippen molar-refractivity contribution in [2.75, 3.05) is 6.61 Å². The smallest absolute Gasteiger partial charge is 0.274 e. The Hall–Kier alpha value is -2.88. The monoisotopic (exact) mass is 488 g/mol. The average molecular weight is 489 g/mol. The molecule has 1 aromatic heterocycles. The van der Waals surface area contributed by atoms with Gasteiger partial charge in [-0.2, -0.15) is 0 Å². The molecule has 4 nitrogen and oxygen atoms in total. The SMILES string of the molecule is CCCCCCCCCCCCCCCCOc1ccc(C=Cc2nc3ccccc3[nH]c2=O)cc1. The summed E-state index contributed by atoms with van der Waals surface area (Å²) in [5.74, 6) is 0.892. The van der Waals surface area contributed by atoms with Gasteiger partial charge in [0.05, 0.1) is 17.6 Å². The van der Waals surface area contributed by atoms with Crippen LogP contribution in [0.15, 0.2) is 53.3 Å². The lowest BCUT2D eigenvalue weighted by molar-refractivity contribution is 0.304. The molecule has 0 saturated carbocycles. The molecule has 2 aromatic carbocycles. The van der Waals surface area contributed by atoms with Crippen molar-refractivity contribution >= 4 is 23.2 Å². The standard InChI is InChI=1S/C32H44N2O2/c1-2-3-4-5-6-7-8-9-10-11-12-13-14-17-26-36-28-23-20-27(21-24-28)22-25-31-32(35)34-30-19-16-15-18-29(30)33-31/h15-16,18-25H,2-14,17,26H2,1H3,(H,34,35). The highest BCUT2D eigenvalue weighted by atomic mass is 16.5. The number of aromatic amines is 1. The lowest BCUT2D eigenvalue weighted by Crippen LogP contribution is -2.11. The van der Waals surface area contributed by atoms with Crippen LogP contribution in [0.5, 0.6) is 5.75 Å². The molecule has 0 aliphatic heterocycles. The van der Waals surface area contributed by atoms with Crippen molar-refractivity contribution in [2.45, 2.75) is 96.8 Å². The van der Waals surface area contributed by atoms with E-state index >= 15 is 0 Å². The molecule has 194 valence electrons. The van der Waals surface area contributed by atoms with E-state index in [0.717, 1.165) is 35.4 Å². The summed E-state index contributed by atoms with van der Waals surface area (Å²) in [7, 11) is 0. The number of unbranched alkanes of at least 4 members (excludes halogenated alkanes) is 13. The highest BCUT2D eigenvalue weighted by molar-refractivity contribution is 5.76. The third-order valence-electron chi connectivity index (χ3n) is 6.71. The molecule has 0 unspecified atom stereocenters. The fourth-order valence-corrected chi connectivity index (χ4v) is 4.49. The lowest BCUT2D eigenvalue weighted by Gasteiger charge is -2.07. The predicted octanol–water partition coefficient (Wildman–Crippen LogP) is 8.95. The van der Waals surface area contributed by atoms with E-state index in [0.29, 0.717) is 5.69 Å². The topological polar surface area (TPSA) is 55.0 Å². The molecule has 4 heteroatoms. The minimum Gasteiger partial charge on any atom is -0.494 e. The van der Waals surface area contributed by atoms with Crippen molar-refractivity contribution < 1.29 is 4.74 Å². The molecular weight excluding hydrogens is 444 g/mol. The van der Waals surface area contributed by atoms with Gasteiger partial charge in [0.1, 0.15) is 11.4 Å². The van der Waals surface area contributed by atoms with Crippen LogP contribution in [0.1, 0.15) is 108 Å². The predicted molar refractivity (Wildman–Crippen MR) is 154 cm³/mol. The molecule has 0 bridgehead atoms. The van der Waals surface area contributed by atoms with Crippen LogP contribution in [0.4, 0.5) is 0 Å². The van der Waals surface area contributed by atoms with Crippen molar-refractivity contribution in [3.05, 3.63) is 70.1 Å². The summed E-state index contributed by atoms with van der Waals surface area (Å²) in [6.45, 7) is 3.05. The molecule has 0 fully saturated rings. The fourth-order valence-electron chi connectivity index (χ4n) is 4.49. The lowest BCUT2D eigenvalue weighted by atomic mass is 10.0. The summed E-state index contributed by atoms with van der Waals surface area (Å²) >= 11 is 0. The zero-order chi connectivity index (χ0) is 25.3. The minimum absolute atomic E-state index is 0.182. The number of hydrogen-bond donors (Lipinski definition) is 1. The van der Waals surface area contributed by atoms with Gasteiger partial charge in [-0.1, -0.05) is 121 Å². The number of ether oxygens (including phenoxy) is 1. The zero-order valence-corrected chi connectivity index (χ0v) is 22.1. The highest BCUT2D eigenvalue weighted by Gasteiger charge is 2.01. The number of fused-ring (bicyclic) bond motifs is 1. The van der Waals surface area contributed by atoms with Gasteiger partial charge in [0.25, 0.3) is 5.56 Å². The molecule has 0 radical (unpaired) electrons. The Morgan fingerprint density at radius 3 is 1.94 bits per heavy atom. The number of benzene rings is 2. The first-order valence-corrected chi connectivity index (χ1v) is 14.2. The van der Waals surface area contributed by atoms with Gasteiger partial charge in [-0.25, -0.2) is 4.98 Å². The van der Waals surface area contributed by atoms with Gasteiger partial charge in [-0.05, 0) is 42.3 Å². The van der Waals surface area contributed by atoms with Crippen LogP contribution in [-0.2, 0) is 0 Å². The van der Waals surface area contributed by atoms with E-state index in [1.807, 2.05) is 54.6 Å². The van der Waals surface area contributed by atoms with E-state index in [2.05, 4.69) is 16.9 Å². The van der Waals surface area contributed by atoms with E-state index in [-0.39, 0.29) is 5.56 Å². The van der Waals surface area contributed by atoms with E-state index in [1.165, 1.54) is 83.5 Å². The summed E-state index contributed by atoms with van der Waals surface area (Å²) in [5.41, 5.74) is 2.77. The van der Waals surface area contributed by atoms with Gasteiger partial charge in [-0.3, -0.25) is 4.79 Å². The molecule has 0 aliphatic rings. The Labute approximate surface area is 217 Å². The summed E-state index contributed by atoms with van der Waals surface area (Å²) in [4.78, 5) is 19.6. The molecule has 36 heavy (non-hydrogen) atoms. The Balaban J connectivity index is 1.23. The molecule has 3 aromatic rings. The highest BCUT2D eigenvalue weighted by Crippen LogP contribution is 2.16. The summed E-state index contributed by atoms with van der Waals surface area (Å²) < 4.78 is 5.91. The first kappa shape index (κ1) is 27.7. The Kier molecular flexibility index (Phi) is 12.9. The fraction of sp³-hybridized carbons (Fsp3) is 0.500. The van der Waals surface area contributed by atoms with Crippen molar-refractivity contribution in [2.24, 2.45) is 0 Å². The molecule has 3 rings (SSSR count). The normalized spacial score (nSPS) is 11.5. The van der Waals surface area contributed by atoms with Crippen LogP contribution in [0.25, 0.3) is 23.2 Å². The second kappa shape index (κ2) is 16.7. The van der Waals surface area contributed by atoms with E-state index in [4.69, 9.17) is 4.74 Å². The van der Waals surface area contributed by atoms with E-state index in [1.54, 1.807) is 6.08 Å². The van der Waals surface area contributed by atoms with Crippen LogP contribution in [0.2, 0.25) is 0 Å². The van der Waals surface area contributed by atoms with Gasteiger partial charge in [0.2, 0.25) is 0 Å². The Bertz CT molecular complexity index is 1090. The van der Waals surface area contributed by atoms with Crippen molar-refractivity contribution in [3.8, 4) is 5.75 Å². The molecule has 1 N–H and O–H groups in total. The Morgan fingerprint density at radius 2 is 1.31 bits per heavy atom. The first-order chi connectivity index (χ1) is 17.8. The Morgan fingerprint density at radius 1 is 0.722 bits per heavy atom. The number of para-hydroxylation sites is 2. The molecule has 0 aliphatic carbocycles. The number of aromatic nitrogens is 2. The number of rotatable bonds is 18. The average Bonchev–Trinajstić information content (AvgIpc) is 2.90. The molecule has 0 atom stereocenters. The number of H-pyrrole nitrogens is 1. The van der Waals surface area contributed by atoms with Crippen LogP contribution in [-0.4, -0.2) is 16.6 Å². The van der Waals surface area contributed by atoms with Crippen LogP contribution >= 0.6 is 0 Å². The molecular formula is C32H44N2O2. The number of nitrogens with one attached hydrogen (secondary N) is 1. The third-order valence-corrected chi connectivity index (χ3v) is 6.71. The minimum atomic E-state index is -0.182. The number of hydrogen-bond acceptors (Lipinski definition) is 3. The first-order valence-electron chi connectivity index (χ1n) is 14.2. The second-order valence-electron chi connectivity index (χ2n) is 9.82. The van der Waals surface area contributed by atoms with Crippen molar-refractivity contribution in [3.63, 3.8) is 0 Å². The molecule has 0 amide bonds. The van der Waals surface area contributed by atoms with E-state index < -0.39 is 0 Å². The summed E-state index contributed by atoms with van der Waals surface area (Å²) in [5, 5.41) is 0. The maximum atomic E-state index is 12.2.